The third-order valence-electron chi connectivity index (χ3n) is 1.81. The predicted octanol–water partition coefficient (Wildman–Crippen LogP) is 0.292. The Morgan fingerprint density at radius 2 is 2.31 bits per heavy atom. The van der Waals surface area contributed by atoms with E-state index in [0.717, 1.165) is 0 Å². The molecule has 1 atom stereocenters. The number of carboxylic acids is 1. The summed E-state index contributed by atoms with van der Waals surface area (Å²) < 4.78 is 0. The lowest BCUT2D eigenvalue weighted by Crippen LogP contribution is -2.41. The van der Waals surface area contributed by atoms with Gasteiger partial charge in [-0.25, -0.2) is 4.79 Å². The van der Waals surface area contributed by atoms with E-state index in [1.807, 2.05) is 0 Å². The maximum atomic E-state index is 11.4. The Morgan fingerprint density at radius 3 is 2.85 bits per heavy atom. The highest BCUT2D eigenvalue weighted by Gasteiger charge is 2.33. The summed E-state index contributed by atoms with van der Waals surface area (Å²) >= 11 is 5.40. The molecular formula is C7H11NO3S2. The Hall–Kier alpha value is -0.360. The summed E-state index contributed by atoms with van der Waals surface area (Å²) in [6, 6.07) is -0.641. The van der Waals surface area contributed by atoms with Crippen LogP contribution in [0.5, 0.6) is 0 Å². The van der Waals surface area contributed by atoms with Crippen LogP contribution in [0.4, 0.5) is 0 Å². The first-order valence-electron chi connectivity index (χ1n) is 3.87. The van der Waals surface area contributed by atoms with Crippen LogP contribution in [0.1, 0.15) is 6.42 Å². The van der Waals surface area contributed by atoms with Crippen LogP contribution in [0.15, 0.2) is 0 Å². The standard InChI is InChI=1S/C7H11NO3S2/c9-6(1-2-12)8-4-13-3-5(8)7(10)11/h5,12H,1-4H2,(H,10,11). The van der Waals surface area contributed by atoms with Gasteiger partial charge >= 0.3 is 5.97 Å². The minimum Gasteiger partial charge on any atom is -0.480 e. The molecule has 0 aromatic heterocycles. The molecule has 1 fully saturated rings. The van der Waals surface area contributed by atoms with Crippen molar-refractivity contribution in [3.63, 3.8) is 0 Å². The van der Waals surface area contributed by atoms with Gasteiger partial charge in [-0.1, -0.05) is 0 Å². The summed E-state index contributed by atoms with van der Waals surface area (Å²) in [6.07, 6.45) is 0.313. The maximum Gasteiger partial charge on any atom is 0.327 e. The minimum absolute atomic E-state index is 0.118. The summed E-state index contributed by atoms with van der Waals surface area (Å²) in [5.41, 5.74) is 0. The highest BCUT2D eigenvalue weighted by atomic mass is 32.2. The summed E-state index contributed by atoms with van der Waals surface area (Å²) in [5, 5.41) is 8.77. The number of carboxylic acid groups (broad SMARTS) is 1. The van der Waals surface area contributed by atoms with Crippen molar-refractivity contribution in [2.75, 3.05) is 17.4 Å². The van der Waals surface area contributed by atoms with Gasteiger partial charge in [0.15, 0.2) is 0 Å². The molecule has 0 saturated carbocycles. The van der Waals surface area contributed by atoms with E-state index in [9.17, 15) is 9.59 Å². The van der Waals surface area contributed by atoms with Crippen molar-refractivity contribution >= 4 is 36.3 Å². The van der Waals surface area contributed by atoms with Crippen LogP contribution in [0, 0.1) is 0 Å². The number of rotatable bonds is 3. The van der Waals surface area contributed by atoms with Crippen LogP contribution in [0.25, 0.3) is 0 Å². The van der Waals surface area contributed by atoms with E-state index < -0.39 is 12.0 Å². The van der Waals surface area contributed by atoms with E-state index in [-0.39, 0.29) is 5.91 Å². The lowest BCUT2D eigenvalue weighted by molar-refractivity contribution is -0.147. The normalized spacial score (nSPS) is 21.9. The zero-order chi connectivity index (χ0) is 9.84. The van der Waals surface area contributed by atoms with Gasteiger partial charge in [0.25, 0.3) is 0 Å². The molecule has 0 aliphatic carbocycles. The summed E-state index contributed by atoms with van der Waals surface area (Å²) in [6.45, 7) is 0. The first kappa shape index (κ1) is 10.7. The van der Waals surface area contributed by atoms with Gasteiger partial charge in [0.2, 0.25) is 5.91 Å². The molecule has 1 aliphatic rings. The fourth-order valence-electron chi connectivity index (χ4n) is 1.13. The molecule has 1 aliphatic heterocycles. The molecule has 1 N–H and O–H groups in total. The zero-order valence-electron chi connectivity index (χ0n) is 6.97. The topological polar surface area (TPSA) is 57.6 Å². The maximum absolute atomic E-state index is 11.4. The molecule has 1 heterocycles. The third-order valence-corrected chi connectivity index (χ3v) is 3.05. The molecule has 0 radical (unpaired) electrons. The van der Waals surface area contributed by atoms with Crippen molar-refractivity contribution in [2.45, 2.75) is 12.5 Å². The first-order chi connectivity index (χ1) is 6.16. The molecule has 1 amide bonds. The second-order valence-corrected chi connectivity index (χ2v) is 4.14. The molecule has 1 saturated heterocycles. The molecule has 4 nitrogen and oxygen atoms in total. The van der Waals surface area contributed by atoms with Crippen molar-refractivity contribution in [1.82, 2.24) is 4.90 Å². The minimum atomic E-state index is -0.919. The van der Waals surface area contributed by atoms with Crippen molar-refractivity contribution in [1.29, 1.82) is 0 Å². The molecule has 13 heavy (non-hydrogen) atoms. The molecule has 74 valence electrons. The fraction of sp³-hybridized carbons (Fsp3) is 0.714. The Labute approximate surface area is 86.1 Å². The van der Waals surface area contributed by atoms with Gasteiger partial charge in [-0.15, -0.1) is 11.8 Å². The SMILES string of the molecule is O=C(O)C1CSCN1C(=O)CCS. The summed E-state index contributed by atoms with van der Waals surface area (Å²) in [7, 11) is 0. The van der Waals surface area contributed by atoms with E-state index in [2.05, 4.69) is 12.6 Å². The third kappa shape index (κ3) is 2.54. The van der Waals surface area contributed by atoms with Crippen molar-refractivity contribution in [2.24, 2.45) is 0 Å². The quantitative estimate of drug-likeness (QED) is 0.673. The molecule has 0 aromatic rings. The van der Waals surface area contributed by atoms with Crippen LogP contribution < -0.4 is 0 Å². The summed E-state index contributed by atoms with van der Waals surface area (Å²) in [4.78, 5) is 23.5. The van der Waals surface area contributed by atoms with Crippen molar-refractivity contribution < 1.29 is 14.7 Å². The second-order valence-electron chi connectivity index (χ2n) is 2.69. The average Bonchev–Trinajstić information content (AvgIpc) is 2.52. The lowest BCUT2D eigenvalue weighted by atomic mass is 10.3. The predicted molar refractivity (Wildman–Crippen MR) is 54.1 cm³/mol. The number of carbonyl (C=O) groups excluding carboxylic acids is 1. The lowest BCUT2D eigenvalue weighted by Gasteiger charge is -2.19. The van der Waals surface area contributed by atoms with Crippen molar-refractivity contribution in [3.8, 4) is 0 Å². The highest BCUT2D eigenvalue weighted by molar-refractivity contribution is 7.99. The van der Waals surface area contributed by atoms with Crippen LogP contribution in [0.3, 0.4) is 0 Å². The van der Waals surface area contributed by atoms with Gasteiger partial charge < -0.3 is 10.0 Å². The average molecular weight is 221 g/mol. The monoisotopic (exact) mass is 221 g/mol. The van der Waals surface area contributed by atoms with E-state index in [4.69, 9.17) is 5.11 Å². The number of aliphatic carboxylic acids is 1. The van der Waals surface area contributed by atoms with Gasteiger partial charge in [0.1, 0.15) is 6.04 Å². The number of thiol groups is 1. The summed E-state index contributed by atoms with van der Waals surface area (Å²) in [5.74, 6) is 0.411. The van der Waals surface area contributed by atoms with E-state index in [0.29, 0.717) is 23.8 Å². The second kappa shape index (κ2) is 4.76. The number of hydrogen-bond acceptors (Lipinski definition) is 4. The van der Waals surface area contributed by atoms with Crippen LogP contribution >= 0.6 is 24.4 Å². The van der Waals surface area contributed by atoms with Gasteiger partial charge in [-0.3, -0.25) is 4.79 Å². The molecular weight excluding hydrogens is 210 g/mol. The molecule has 1 rings (SSSR count). The first-order valence-corrected chi connectivity index (χ1v) is 5.66. The van der Waals surface area contributed by atoms with E-state index in [1.54, 1.807) is 0 Å². The molecule has 0 bridgehead atoms. The Balaban J connectivity index is 2.57. The highest BCUT2D eigenvalue weighted by Crippen LogP contribution is 2.21. The van der Waals surface area contributed by atoms with Gasteiger partial charge in [-0.05, 0) is 5.75 Å². The number of amides is 1. The number of thioether (sulfide) groups is 1. The smallest absolute Gasteiger partial charge is 0.327 e. The van der Waals surface area contributed by atoms with Gasteiger partial charge in [-0.2, -0.15) is 12.6 Å². The van der Waals surface area contributed by atoms with Crippen LogP contribution in [-0.2, 0) is 9.59 Å². The Kier molecular flexibility index (Phi) is 3.92. The zero-order valence-corrected chi connectivity index (χ0v) is 8.68. The number of carbonyl (C=O) groups is 2. The molecule has 0 spiro atoms. The molecule has 6 heteroatoms. The van der Waals surface area contributed by atoms with Crippen molar-refractivity contribution in [3.05, 3.63) is 0 Å². The molecule has 1 unspecified atom stereocenters. The fourth-order valence-corrected chi connectivity index (χ4v) is 2.50. The Morgan fingerprint density at radius 1 is 1.62 bits per heavy atom. The largest absolute Gasteiger partial charge is 0.480 e. The van der Waals surface area contributed by atoms with Gasteiger partial charge in [0.05, 0.1) is 5.88 Å². The Bertz CT molecular complexity index is 222. The van der Waals surface area contributed by atoms with E-state index in [1.165, 1.54) is 16.7 Å². The van der Waals surface area contributed by atoms with Crippen LogP contribution in [0.2, 0.25) is 0 Å². The molecule has 0 aromatic carbocycles. The number of nitrogens with zero attached hydrogens (tertiary/aromatic N) is 1. The number of hydrogen-bond donors (Lipinski definition) is 2. The van der Waals surface area contributed by atoms with Gasteiger partial charge in [0, 0.05) is 12.2 Å². The van der Waals surface area contributed by atoms with E-state index >= 15 is 0 Å². The van der Waals surface area contributed by atoms with Crippen LogP contribution in [-0.4, -0.2) is 45.3 Å².